The standard InChI is InChI=1S/C11H11ClFN3O/c1-6-8(5-14)11(17)16(15-6)7-2-3-9(12)10(13)4-7/h2-4,8H,5,14H2,1H3. The van der Waals surface area contributed by atoms with E-state index in [9.17, 15) is 9.18 Å². The Morgan fingerprint density at radius 3 is 2.82 bits per heavy atom. The van der Waals surface area contributed by atoms with Gasteiger partial charge in [-0.05, 0) is 19.1 Å². The number of nitrogens with zero attached hydrogens (tertiary/aromatic N) is 2. The summed E-state index contributed by atoms with van der Waals surface area (Å²) in [6.45, 7) is 1.92. The molecule has 0 aromatic heterocycles. The maximum absolute atomic E-state index is 13.3. The Bertz CT molecular complexity index is 503. The van der Waals surface area contributed by atoms with Crippen molar-refractivity contribution in [1.82, 2.24) is 0 Å². The van der Waals surface area contributed by atoms with E-state index in [2.05, 4.69) is 5.10 Å². The van der Waals surface area contributed by atoms with Crippen LogP contribution in [0, 0.1) is 11.7 Å². The van der Waals surface area contributed by atoms with Gasteiger partial charge in [-0.1, -0.05) is 11.6 Å². The van der Waals surface area contributed by atoms with Crippen LogP contribution in [0.15, 0.2) is 23.3 Å². The van der Waals surface area contributed by atoms with E-state index in [1.54, 1.807) is 13.0 Å². The van der Waals surface area contributed by atoms with Gasteiger partial charge in [-0.3, -0.25) is 4.79 Å². The molecular formula is C11H11ClFN3O. The zero-order valence-electron chi connectivity index (χ0n) is 9.15. The largest absolute Gasteiger partial charge is 0.329 e. The van der Waals surface area contributed by atoms with Gasteiger partial charge in [0.15, 0.2) is 0 Å². The molecule has 2 rings (SSSR count). The monoisotopic (exact) mass is 255 g/mol. The van der Waals surface area contributed by atoms with Crippen molar-refractivity contribution in [1.29, 1.82) is 0 Å². The highest BCUT2D eigenvalue weighted by atomic mass is 35.5. The lowest BCUT2D eigenvalue weighted by Crippen LogP contribution is -2.32. The summed E-state index contributed by atoms with van der Waals surface area (Å²) in [6, 6.07) is 4.11. The lowest BCUT2D eigenvalue weighted by molar-refractivity contribution is -0.119. The van der Waals surface area contributed by atoms with Crippen molar-refractivity contribution in [2.45, 2.75) is 6.92 Å². The Hall–Kier alpha value is -1.46. The van der Waals surface area contributed by atoms with Crippen LogP contribution in [0.5, 0.6) is 0 Å². The number of amides is 1. The highest BCUT2D eigenvalue weighted by Gasteiger charge is 2.33. The van der Waals surface area contributed by atoms with E-state index >= 15 is 0 Å². The minimum atomic E-state index is -0.582. The van der Waals surface area contributed by atoms with E-state index in [-0.39, 0.29) is 17.5 Å². The number of nitrogens with two attached hydrogens (primary N) is 1. The van der Waals surface area contributed by atoms with Crippen LogP contribution in [0.2, 0.25) is 5.02 Å². The smallest absolute Gasteiger partial charge is 0.257 e. The van der Waals surface area contributed by atoms with Gasteiger partial charge in [0, 0.05) is 18.3 Å². The van der Waals surface area contributed by atoms with Gasteiger partial charge >= 0.3 is 0 Å². The van der Waals surface area contributed by atoms with Crippen LogP contribution in [0.3, 0.4) is 0 Å². The summed E-state index contributed by atoms with van der Waals surface area (Å²) in [6.07, 6.45) is 0. The van der Waals surface area contributed by atoms with E-state index < -0.39 is 11.7 Å². The van der Waals surface area contributed by atoms with Gasteiger partial charge < -0.3 is 5.73 Å². The minimum Gasteiger partial charge on any atom is -0.329 e. The number of carbonyl (C=O) groups excluding carboxylic acids is 1. The molecule has 1 aromatic carbocycles. The molecule has 2 N–H and O–H groups in total. The fourth-order valence-electron chi connectivity index (χ4n) is 1.68. The first-order chi connectivity index (χ1) is 8.04. The molecule has 1 amide bonds. The predicted molar refractivity (Wildman–Crippen MR) is 64.5 cm³/mol. The zero-order valence-corrected chi connectivity index (χ0v) is 9.91. The van der Waals surface area contributed by atoms with Crippen LogP contribution >= 0.6 is 11.6 Å². The van der Waals surface area contributed by atoms with Crippen LogP contribution in [0.1, 0.15) is 6.92 Å². The number of hydrazone groups is 1. The lowest BCUT2D eigenvalue weighted by atomic mass is 10.1. The molecule has 0 saturated heterocycles. The first-order valence-electron chi connectivity index (χ1n) is 5.08. The second kappa shape index (κ2) is 4.43. The van der Waals surface area contributed by atoms with E-state index in [1.165, 1.54) is 12.1 Å². The van der Waals surface area contributed by atoms with Crippen molar-refractivity contribution in [3.63, 3.8) is 0 Å². The molecule has 0 aliphatic carbocycles. The second-order valence-electron chi connectivity index (χ2n) is 3.78. The first kappa shape index (κ1) is 12.0. The van der Waals surface area contributed by atoms with Gasteiger partial charge in [0.25, 0.3) is 5.91 Å². The summed E-state index contributed by atoms with van der Waals surface area (Å²) >= 11 is 5.57. The molecule has 4 nitrogen and oxygen atoms in total. The molecular weight excluding hydrogens is 245 g/mol. The third-order valence-corrected chi connectivity index (χ3v) is 2.96. The maximum Gasteiger partial charge on any atom is 0.257 e. The normalized spacial score (nSPS) is 19.8. The Balaban J connectivity index is 2.36. The van der Waals surface area contributed by atoms with Crippen LogP contribution < -0.4 is 10.7 Å². The Kier molecular flexibility index (Phi) is 3.13. The zero-order chi connectivity index (χ0) is 12.6. The van der Waals surface area contributed by atoms with Gasteiger partial charge in [-0.25, -0.2) is 9.40 Å². The van der Waals surface area contributed by atoms with Crippen molar-refractivity contribution in [2.24, 2.45) is 16.8 Å². The first-order valence-corrected chi connectivity index (χ1v) is 5.46. The van der Waals surface area contributed by atoms with Gasteiger partial charge in [0.2, 0.25) is 0 Å². The molecule has 1 atom stereocenters. The molecule has 90 valence electrons. The Labute approximate surface area is 103 Å². The summed E-state index contributed by atoms with van der Waals surface area (Å²) in [4.78, 5) is 11.9. The van der Waals surface area contributed by atoms with Crippen molar-refractivity contribution in [3.8, 4) is 0 Å². The molecule has 0 spiro atoms. The highest BCUT2D eigenvalue weighted by Crippen LogP contribution is 2.26. The van der Waals surface area contributed by atoms with Crippen LogP contribution in [-0.4, -0.2) is 18.2 Å². The Morgan fingerprint density at radius 2 is 2.29 bits per heavy atom. The third kappa shape index (κ3) is 2.03. The molecule has 0 radical (unpaired) electrons. The molecule has 0 bridgehead atoms. The number of carbonyl (C=O) groups is 1. The molecule has 1 aliphatic rings. The van der Waals surface area contributed by atoms with Gasteiger partial charge in [-0.2, -0.15) is 5.10 Å². The molecule has 1 unspecified atom stereocenters. The fraction of sp³-hybridized carbons (Fsp3) is 0.273. The van der Waals surface area contributed by atoms with Crippen molar-refractivity contribution in [2.75, 3.05) is 11.6 Å². The van der Waals surface area contributed by atoms with Gasteiger partial charge in [0.1, 0.15) is 5.82 Å². The lowest BCUT2D eigenvalue weighted by Gasteiger charge is -2.13. The number of rotatable bonds is 2. The van der Waals surface area contributed by atoms with E-state index in [0.717, 1.165) is 5.01 Å². The minimum absolute atomic E-state index is 0.0106. The summed E-state index contributed by atoms with van der Waals surface area (Å²) in [5.74, 6) is -1.25. The maximum atomic E-state index is 13.3. The van der Waals surface area contributed by atoms with E-state index in [1.807, 2.05) is 0 Å². The van der Waals surface area contributed by atoms with Crippen LogP contribution in [0.4, 0.5) is 10.1 Å². The number of hydrogen-bond donors (Lipinski definition) is 1. The summed E-state index contributed by atoms with van der Waals surface area (Å²) in [5, 5.41) is 5.24. The van der Waals surface area contributed by atoms with E-state index in [4.69, 9.17) is 17.3 Å². The van der Waals surface area contributed by atoms with Crippen molar-refractivity contribution >= 4 is 28.9 Å². The molecule has 6 heteroatoms. The Morgan fingerprint density at radius 1 is 1.59 bits per heavy atom. The average molecular weight is 256 g/mol. The highest BCUT2D eigenvalue weighted by molar-refractivity contribution is 6.30. The summed E-state index contributed by atoms with van der Waals surface area (Å²) < 4.78 is 13.3. The van der Waals surface area contributed by atoms with Crippen molar-refractivity contribution in [3.05, 3.63) is 29.0 Å². The SMILES string of the molecule is CC1=NN(c2ccc(Cl)c(F)c2)C(=O)C1CN. The van der Waals surface area contributed by atoms with Gasteiger partial charge in [0.05, 0.1) is 16.6 Å². The number of anilines is 1. The second-order valence-corrected chi connectivity index (χ2v) is 4.19. The quantitative estimate of drug-likeness (QED) is 0.876. The predicted octanol–water partition coefficient (Wildman–Crippen LogP) is 1.78. The number of benzene rings is 1. The van der Waals surface area contributed by atoms with Crippen LogP contribution in [0.25, 0.3) is 0 Å². The third-order valence-electron chi connectivity index (χ3n) is 2.65. The summed E-state index contributed by atoms with van der Waals surface area (Å²) in [5.41, 5.74) is 6.47. The van der Waals surface area contributed by atoms with Crippen LogP contribution in [-0.2, 0) is 4.79 Å². The fourth-order valence-corrected chi connectivity index (χ4v) is 1.79. The average Bonchev–Trinajstić information content (AvgIpc) is 2.58. The number of hydrogen-bond acceptors (Lipinski definition) is 3. The molecule has 1 heterocycles. The van der Waals surface area contributed by atoms with Gasteiger partial charge in [-0.15, -0.1) is 0 Å². The van der Waals surface area contributed by atoms with E-state index in [0.29, 0.717) is 11.4 Å². The topological polar surface area (TPSA) is 58.7 Å². The molecule has 1 aliphatic heterocycles. The number of halogens is 2. The summed E-state index contributed by atoms with van der Waals surface area (Å²) in [7, 11) is 0. The molecule has 17 heavy (non-hydrogen) atoms. The molecule has 0 fully saturated rings. The molecule has 1 aromatic rings. The molecule has 0 saturated carbocycles. The van der Waals surface area contributed by atoms with Crippen molar-refractivity contribution < 1.29 is 9.18 Å².